The number of nitrogens with two attached hydrogens (primary N) is 1. The maximum absolute atomic E-state index is 5.72. The number of nitrogen functional groups attached to an aromatic ring is 1. The number of anilines is 1. The number of rotatable bonds is 0. The average Bonchev–Trinajstić information content (AvgIpc) is 2.29. The van der Waals surface area contributed by atoms with Crippen molar-refractivity contribution in [3.63, 3.8) is 0 Å². The van der Waals surface area contributed by atoms with Crippen LogP contribution in [-0.2, 0) is 0 Å². The molecule has 2 heteroatoms. The SMILES string of the molecule is Nc1cnccc1C#Cc1ccccc1. The molecule has 1 aromatic heterocycles. The quantitative estimate of drug-likeness (QED) is 0.652. The molecular weight excluding hydrogens is 184 g/mol. The molecule has 0 unspecified atom stereocenters. The molecule has 1 aromatic carbocycles. The summed E-state index contributed by atoms with van der Waals surface area (Å²) in [6.07, 6.45) is 3.29. The van der Waals surface area contributed by atoms with Crippen LogP contribution < -0.4 is 5.73 Å². The van der Waals surface area contributed by atoms with E-state index >= 15 is 0 Å². The molecule has 2 nitrogen and oxygen atoms in total. The summed E-state index contributed by atoms with van der Waals surface area (Å²) in [4.78, 5) is 3.91. The van der Waals surface area contributed by atoms with Crippen LogP contribution in [0.5, 0.6) is 0 Å². The lowest BCUT2D eigenvalue weighted by molar-refractivity contribution is 1.32. The molecule has 0 aliphatic rings. The van der Waals surface area contributed by atoms with Crippen LogP contribution in [0.4, 0.5) is 5.69 Å². The Balaban J connectivity index is 2.31. The standard InChI is InChI=1S/C13H10N2/c14-13-10-15-9-8-12(13)7-6-11-4-2-1-3-5-11/h1-5,8-10H,14H2. The highest BCUT2D eigenvalue weighted by Gasteiger charge is 1.91. The molecule has 0 radical (unpaired) electrons. The highest BCUT2D eigenvalue weighted by atomic mass is 14.7. The minimum absolute atomic E-state index is 0.612. The van der Waals surface area contributed by atoms with Gasteiger partial charge in [0.1, 0.15) is 0 Å². The Hall–Kier alpha value is -2.27. The van der Waals surface area contributed by atoms with Gasteiger partial charge in [-0.2, -0.15) is 0 Å². The number of hydrogen-bond donors (Lipinski definition) is 1. The fourth-order valence-corrected chi connectivity index (χ4v) is 1.18. The molecule has 0 atom stereocenters. The molecule has 2 rings (SSSR count). The summed E-state index contributed by atoms with van der Waals surface area (Å²) in [6, 6.07) is 11.6. The molecule has 2 aromatic rings. The predicted octanol–water partition coefficient (Wildman–Crippen LogP) is 2.06. The molecule has 0 saturated carbocycles. The van der Waals surface area contributed by atoms with Gasteiger partial charge in [0.05, 0.1) is 17.4 Å². The van der Waals surface area contributed by atoms with Gasteiger partial charge in [-0.1, -0.05) is 30.0 Å². The monoisotopic (exact) mass is 194 g/mol. The summed E-state index contributed by atoms with van der Waals surface area (Å²) in [5.41, 5.74) is 8.13. The molecule has 1 heterocycles. The van der Waals surface area contributed by atoms with Crippen molar-refractivity contribution in [2.75, 3.05) is 5.73 Å². The number of pyridine rings is 1. The molecule has 0 spiro atoms. The first-order valence-electron chi connectivity index (χ1n) is 4.63. The predicted molar refractivity (Wildman–Crippen MR) is 61.1 cm³/mol. The first kappa shape index (κ1) is 9.29. The zero-order valence-electron chi connectivity index (χ0n) is 8.14. The Labute approximate surface area is 88.8 Å². The molecule has 15 heavy (non-hydrogen) atoms. The zero-order chi connectivity index (χ0) is 10.5. The van der Waals surface area contributed by atoms with Gasteiger partial charge in [-0.3, -0.25) is 4.98 Å². The van der Waals surface area contributed by atoms with Crippen molar-refractivity contribution in [3.05, 3.63) is 59.9 Å². The van der Waals surface area contributed by atoms with Crippen LogP contribution in [-0.4, -0.2) is 4.98 Å². The van der Waals surface area contributed by atoms with Crippen LogP contribution in [0.2, 0.25) is 0 Å². The summed E-state index contributed by atoms with van der Waals surface area (Å²) in [6.45, 7) is 0. The van der Waals surface area contributed by atoms with Crippen molar-refractivity contribution in [2.45, 2.75) is 0 Å². The van der Waals surface area contributed by atoms with Crippen molar-refractivity contribution in [3.8, 4) is 11.8 Å². The lowest BCUT2D eigenvalue weighted by Gasteiger charge is -1.94. The van der Waals surface area contributed by atoms with Gasteiger partial charge < -0.3 is 5.73 Å². The first-order chi connectivity index (χ1) is 7.36. The highest BCUT2D eigenvalue weighted by Crippen LogP contribution is 2.06. The summed E-state index contributed by atoms with van der Waals surface area (Å²) >= 11 is 0. The molecule has 0 bridgehead atoms. The molecule has 0 aliphatic heterocycles. The lowest BCUT2D eigenvalue weighted by atomic mass is 10.2. The zero-order valence-corrected chi connectivity index (χ0v) is 8.14. The van der Waals surface area contributed by atoms with E-state index in [0.29, 0.717) is 5.69 Å². The molecule has 2 N–H and O–H groups in total. The summed E-state index contributed by atoms with van der Waals surface area (Å²) < 4.78 is 0. The van der Waals surface area contributed by atoms with Crippen molar-refractivity contribution in [1.82, 2.24) is 4.98 Å². The van der Waals surface area contributed by atoms with Gasteiger partial charge in [0.15, 0.2) is 0 Å². The van der Waals surface area contributed by atoms with Gasteiger partial charge >= 0.3 is 0 Å². The maximum Gasteiger partial charge on any atom is 0.0659 e. The second kappa shape index (κ2) is 4.30. The molecular formula is C13H10N2. The second-order valence-electron chi connectivity index (χ2n) is 3.08. The Kier molecular flexibility index (Phi) is 2.66. The van der Waals surface area contributed by atoms with E-state index in [9.17, 15) is 0 Å². The number of hydrogen-bond acceptors (Lipinski definition) is 2. The Morgan fingerprint density at radius 2 is 1.80 bits per heavy atom. The lowest BCUT2D eigenvalue weighted by Crippen LogP contribution is -1.90. The third kappa shape index (κ3) is 2.35. The van der Waals surface area contributed by atoms with Crippen LogP contribution in [0.1, 0.15) is 11.1 Å². The van der Waals surface area contributed by atoms with E-state index in [2.05, 4.69) is 16.8 Å². The highest BCUT2D eigenvalue weighted by molar-refractivity contribution is 5.55. The third-order valence-corrected chi connectivity index (χ3v) is 1.97. The first-order valence-corrected chi connectivity index (χ1v) is 4.63. The van der Waals surface area contributed by atoms with Gasteiger partial charge in [-0.15, -0.1) is 0 Å². The van der Waals surface area contributed by atoms with Gasteiger partial charge in [0, 0.05) is 11.8 Å². The van der Waals surface area contributed by atoms with Gasteiger partial charge in [0.2, 0.25) is 0 Å². The number of nitrogens with zero attached hydrogens (tertiary/aromatic N) is 1. The number of aromatic nitrogens is 1. The summed E-state index contributed by atoms with van der Waals surface area (Å²) in [5, 5.41) is 0. The molecule has 72 valence electrons. The van der Waals surface area contributed by atoms with E-state index in [1.165, 1.54) is 0 Å². The minimum atomic E-state index is 0.612. The molecule has 0 fully saturated rings. The molecule has 0 aliphatic carbocycles. The van der Waals surface area contributed by atoms with E-state index < -0.39 is 0 Å². The normalized spacial score (nSPS) is 9.07. The smallest absolute Gasteiger partial charge is 0.0659 e. The van der Waals surface area contributed by atoms with Crippen molar-refractivity contribution in [1.29, 1.82) is 0 Å². The Morgan fingerprint density at radius 1 is 1.00 bits per heavy atom. The maximum atomic E-state index is 5.72. The van der Waals surface area contributed by atoms with Gasteiger partial charge in [0.25, 0.3) is 0 Å². The van der Waals surface area contributed by atoms with Crippen molar-refractivity contribution in [2.24, 2.45) is 0 Å². The second-order valence-corrected chi connectivity index (χ2v) is 3.08. The van der Waals surface area contributed by atoms with Crippen LogP contribution in [0, 0.1) is 11.8 Å². The van der Waals surface area contributed by atoms with E-state index in [-0.39, 0.29) is 0 Å². The van der Waals surface area contributed by atoms with E-state index in [1.807, 2.05) is 36.4 Å². The van der Waals surface area contributed by atoms with Crippen molar-refractivity contribution < 1.29 is 0 Å². The van der Waals surface area contributed by atoms with E-state index in [1.54, 1.807) is 12.4 Å². The largest absolute Gasteiger partial charge is 0.396 e. The van der Waals surface area contributed by atoms with Crippen LogP contribution in [0.15, 0.2) is 48.8 Å². The van der Waals surface area contributed by atoms with Gasteiger partial charge in [-0.05, 0) is 18.2 Å². The van der Waals surface area contributed by atoms with Crippen LogP contribution in [0.25, 0.3) is 0 Å². The number of benzene rings is 1. The topological polar surface area (TPSA) is 38.9 Å². The fourth-order valence-electron chi connectivity index (χ4n) is 1.18. The summed E-state index contributed by atoms with van der Waals surface area (Å²) in [5.74, 6) is 6.06. The third-order valence-electron chi connectivity index (χ3n) is 1.97. The molecule has 0 saturated heterocycles. The van der Waals surface area contributed by atoms with Gasteiger partial charge in [-0.25, -0.2) is 0 Å². The van der Waals surface area contributed by atoms with Crippen molar-refractivity contribution >= 4 is 5.69 Å². The average molecular weight is 194 g/mol. The Bertz CT molecular complexity index is 507. The molecule has 0 amide bonds. The van der Waals surface area contributed by atoms with E-state index in [0.717, 1.165) is 11.1 Å². The summed E-state index contributed by atoms with van der Waals surface area (Å²) in [7, 11) is 0. The van der Waals surface area contributed by atoms with Crippen LogP contribution in [0.3, 0.4) is 0 Å². The van der Waals surface area contributed by atoms with E-state index in [4.69, 9.17) is 5.73 Å². The fraction of sp³-hybridized carbons (Fsp3) is 0. The Morgan fingerprint density at radius 3 is 2.53 bits per heavy atom. The van der Waals surface area contributed by atoms with Crippen LogP contribution >= 0.6 is 0 Å². The minimum Gasteiger partial charge on any atom is -0.396 e.